The van der Waals surface area contributed by atoms with E-state index in [2.05, 4.69) is 0 Å². The average molecular weight is 418 g/mol. The normalized spacial score (nSPS) is 23.6. The van der Waals surface area contributed by atoms with Crippen molar-refractivity contribution in [3.8, 4) is 0 Å². The number of amides is 4. The Kier molecular flexibility index (Phi) is 5.04. The fraction of sp³-hybridized carbons (Fsp3) is 0.360. The van der Waals surface area contributed by atoms with Crippen LogP contribution in [0.4, 0.5) is 4.79 Å². The van der Waals surface area contributed by atoms with Gasteiger partial charge in [-0.15, -0.1) is 0 Å². The van der Waals surface area contributed by atoms with Gasteiger partial charge in [0.1, 0.15) is 11.2 Å². The number of hydrogen-bond acceptors (Lipinski definition) is 4. The fourth-order valence-corrected chi connectivity index (χ4v) is 5.10. The molecule has 31 heavy (non-hydrogen) atoms. The van der Waals surface area contributed by atoms with Gasteiger partial charge in [0.15, 0.2) is 0 Å². The molecule has 1 saturated carbocycles. The van der Waals surface area contributed by atoms with Gasteiger partial charge in [-0.05, 0) is 25.0 Å². The molecule has 4 rings (SSSR count). The van der Waals surface area contributed by atoms with Crippen molar-refractivity contribution in [2.24, 2.45) is 5.41 Å². The van der Waals surface area contributed by atoms with Crippen LogP contribution < -0.4 is 0 Å². The van der Waals surface area contributed by atoms with Crippen molar-refractivity contribution < 1.29 is 19.2 Å². The highest BCUT2D eigenvalue weighted by Gasteiger charge is 2.66. The molecule has 1 heterocycles. The van der Waals surface area contributed by atoms with Crippen molar-refractivity contribution in [1.29, 1.82) is 0 Å². The molecule has 1 aliphatic carbocycles. The third-order valence-electron chi connectivity index (χ3n) is 6.81. The molecule has 0 N–H and O–H groups in total. The van der Waals surface area contributed by atoms with Crippen LogP contribution in [0.25, 0.3) is 0 Å². The van der Waals surface area contributed by atoms with Crippen molar-refractivity contribution in [2.75, 3.05) is 14.1 Å². The lowest BCUT2D eigenvalue weighted by Gasteiger charge is -2.51. The molecule has 6 nitrogen and oxygen atoms in total. The van der Waals surface area contributed by atoms with Gasteiger partial charge in [-0.1, -0.05) is 59.7 Å². The Balaban J connectivity index is 1.99. The van der Waals surface area contributed by atoms with Crippen LogP contribution in [-0.2, 0) is 14.4 Å². The zero-order valence-corrected chi connectivity index (χ0v) is 18.2. The summed E-state index contributed by atoms with van der Waals surface area (Å²) in [5.41, 5.74) is 2.04. The number of rotatable bonds is 2. The number of carbonyl (C=O) groups is 4. The van der Waals surface area contributed by atoms with Crippen LogP contribution in [0, 0.1) is 19.3 Å². The SMILES string of the molecule is Cc1ccc(C2CC(=O)CC(c3ccc(C)cc3)C23C(=O)N(C)C(=O)N(C)C3=O)cc1. The number of ketones is 1. The first-order valence-corrected chi connectivity index (χ1v) is 10.4. The highest BCUT2D eigenvalue weighted by Crippen LogP contribution is 2.57. The number of imide groups is 2. The molecule has 1 spiro atoms. The number of carbonyl (C=O) groups excluding carboxylic acids is 4. The van der Waals surface area contributed by atoms with Crippen LogP contribution in [0.2, 0.25) is 0 Å². The number of hydrogen-bond donors (Lipinski definition) is 0. The molecule has 2 unspecified atom stereocenters. The van der Waals surface area contributed by atoms with Crippen molar-refractivity contribution in [1.82, 2.24) is 9.80 Å². The monoisotopic (exact) mass is 418 g/mol. The third kappa shape index (κ3) is 3.09. The number of benzene rings is 2. The summed E-state index contributed by atoms with van der Waals surface area (Å²) in [5.74, 6) is -2.38. The van der Waals surface area contributed by atoms with E-state index in [1.165, 1.54) is 14.1 Å². The Bertz CT molecular complexity index is 988. The predicted octanol–water partition coefficient (Wildman–Crippen LogP) is 3.57. The van der Waals surface area contributed by atoms with Gasteiger partial charge < -0.3 is 0 Å². The minimum Gasteiger partial charge on any atom is -0.300 e. The van der Waals surface area contributed by atoms with Crippen molar-refractivity contribution >= 4 is 23.6 Å². The molecule has 0 bridgehead atoms. The lowest BCUT2D eigenvalue weighted by atomic mass is 9.54. The molecular weight excluding hydrogens is 392 g/mol. The lowest BCUT2D eigenvalue weighted by Crippen LogP contribution is -2.68. The first-order chi connectivity index (χ1) is 14.7. The van der Waals surface area contributed by atoms with Gasteiger partial charge in [0, 0.05) is 38.8 Å². The number of aryl methyl sites for hydroxylation is 2. The summed E-state index contributed by atoms with van der Waals surface area (Å²) in [5, 5.41) is 0. The molecule has 1 aliphatic heterocycles. The summed E-state index contributed by atoms with van der Waals surface area (Å²) in [7, 11) is 2.81. The largest absolute Gasteiger partial charge is 0.332 e. The van der Waals surface area contributed by atoms with Gasteiger partial charge in [-0.3, -0.25) is 24.2 Å². The van der Waals surface area contributed by atoms with E-state index >= 15 is 0 Å². The van der Waals surface area contributed by atoms with Gasteiger partial charge in [0.2, 0.25) is 11.8 Å². The summed E-state index contributed by atoms with van der Waals surface area (Å²) >= 11 is 0. The molecule has 2 aromatic carbocycles. The zero-order valence-electron chi connectivity index (χ0n) is 18.2. The molecule has 2 fully saturated rings. The highest BCUT2D eigenvalue weighted by atomic mass is 16.2. The van der Waals surface area contributed by atoms with Crippen LogP contribution in [0.15, 0.2) is 48.5 Å². The van der Waals surface area contributed by atoms with Crippen molar-refractivity contribution in [3.63, 3.8) is 0 Å². The minimum absolute atomic E-state index is 0.00424. The molecule has 6 heteroatoms. The molecule has 2 atom stereocenters. The van der Waals surface area contributed by atoms with Gasteiger partial charge in [-0.2, -0.15) is 0 Å². The second-order valence-electron chi connectivity index (χ2n) is 8.75. The van der Waals surface area contributed by atoms with E-state index in [9.17, 15) is 19.2 Å². The maximum atomic E-state index is 13.8. The smallest absolute Gasteiger partial charge is 0.300 e. The molecule has 0 radical (unpaired) electrons. The topological polar surface area (TPSA) is 74.8 Å². The summed E-state index contributed by atoms with van der Waals surface area (Å²) in [6, 6.07) is 14.5. The summed E-state index contributed by atoms with van der Waals surface area (Å²) in [6.07, 6.45) is 0.164. The van der Waals surface area contributed by atoms with Crippen LogP contribution in [0.5, 0.6) is 0 Å². The van der Waals surface area contributed by atoms with E-state index in [1.807, 2.05) is 62.4 Å². The fourth-order valence-electron chi connectivity index (χ4n) is 5.10. The quantitative estimate of drug-likeness (QED) is 0.699. The zero-order chi connectivity index (χ0) is 22.5. The third-order valence-corrected chi connectivity index (χ3v) is 6.81. The predicted molar refractivity (Wildman–Crippen MR) is 115 cm³/mol. The molecular formula is C25H26N2O4. The first-order valence-electron chi connectivity index (χ1n) is 10.4. The van der Waals surface area contributed by atoms with Gasteiger partial charge in [0.05, 0.1) is 0 Å². The molecule has 160 valence electrons. The van der Waals surface area contributed by atoms with Crippen LogP contribution in [0.3, 0.4) is 0 Å². The van der Waals surface area contributed by atoms with Gasteiger partial charge in [0.25, 0.3) is 0 Å². The molecule has 2 aromatic rings. The molecule has 1 saturated heterocycles. The Labute approximate surface area is 181 Å². The number of nitrogens with zero attached hydrogens (tertiary/aromatic N) is 2. The Morgan fingerprint density at radius 3 is 1.39 bits per heavy atom. The Morgan fingerprint density at radius 1 is 0.677 bits per heavy atom. The average Bonchev–Trinajstić information content (AvgIpc) is 2.76. The number of Topliss-reactive ketones (excluding diaryl/α,β-unsaturated/α-hetero) is 1. The van der Waals surface area contributed by atoms with E-state index < -0.39 is 35.1 Å². The second-order valence-corrected chi connectivity index (χ2v) is 8.75. The minimum atomic E-state index is -1.56. The summed E-state index contributed by atoms with van der Waals surface area (Å²) in [6.45, 7) is 3.91. The van der Waals surface area contributed by atoms with E-state index in [1.54, 1.807) is 0 Å². The van der Waals surface area contributed by atoms with E-state index in [0.29, 0.717) is 0 Å². The standard InChI is InChI=1S/C25H26N2O4/c1-15-5-9-17(10-6-15)20-13-19(28)14-21(18-11-7-16(2)8-12-18)25(20)22(29)26(3)24(31)27(4)23(25)30/h5-12,20-21H,13-14H2,1-4H3. The highest BCUT2D eigenvalue weighted by molar-refractivity contribution is 6.21. The second kappa shape index (κ2) is 7.45. The number of barbiturate groups is 1. The van der Waals surface area contributed by atoms with Crippen LogP contribution >= 0.6 is 0 Å². The van der Waals surface area contributed by atoms with E-state index in [4.69, 9.17) is 0 Å². The van der Waals surface area contributed by atoms with Crippen molar-refractivity contribution in [2.45, 2.75) is 38.5 Å². The van der Waals surface area contributed by atoms with E-state index in [0.717, 1.165) is 32.1 Å². The number of urea groups is 1. The van der Waals surface area contributed by atoms with Crippen LogP contribution in [0.1, 0.15) is 46.9 Å². The maximum Gasteiger partial charge on any atom is 0.332 e. The van der Waals surface area contributed by atoms with Crippen LogP contribution in [-0.4, -0.2) is 47.5 Å². The van der Waals surface area contributed by atoms with Crippen molar-refractivity contribution in [3.05, 3.63) is 70.8 Å². The van der Waals surface area contributed by atoms with Gasteiger partial charge in [-0.25, -0.2) is 4.79 Å². The Morgan fingerprint density at radius 2 is 1.03 bits per heavy atom. The summed E-state index contributed by atoms with van der Waals surface area (Å²) in [4.78, 5) is 55.2. The lowest BCUT2D eigenvalue weighted by molar-refractivity contribution is -0.163. The molecule has 2 aliphatic rings. The first kappa shape index (κ1) is 21.0. The molecule has 4 amide bonds. The van der Waals surface area contributed by atoms with Gasteiger partial charge >= 0.3 is 6.03 Å². The van der Waals surface area contributed by atoms with E-state index in [-0.39, 0.29) is 18.6 Å². The Hall–Kier alpha value is -3.28. The summed E-state index contributed by atoms with van der Waals surface area (Å²) < 4.78 is 0. The molecule has 0 aromatic heterocycles. The maximum absolute atomic E-state index is 13.8.